The van der Waals surface area contributed by atoms with Crippen LogP contribution in [0.4, 0.5) is 4.79 Å². The van der Waals surface area contributed by atoms with E-state index in [1.807, 2.05) is 24.3 Å². The Hall–Kier alpha value is -2.32. The number of hydrogen-bond acceptors (Lipinski definition) is 4. The van der Waals surface area contributed by atoms with Gasteiger partial charge in [-0.15, -0.1) is 0 Å². The van der Waals surface area contributed by atoms with Gasteiger partial charge in [0.05, 0.1) is 0 Å². The van der Waals surface area contributed by atoms with Crippen molar-refractivity contribution in [2.75, 3.05) is 45.8 Å². The molecule has 1 saturated heterocycles. The van der Waals surface area contributed by atoms with E-state index in [1.54, 1.807) is 17.0 Å². The average molecular weight is 521 g/mol. The lowest BCUT2D eigenvalue weighted by molar-refractivity contribution is -0.135. The van der Waals surface area contributed by atoms with Crippen molar-refractivity contribution in [3.05, 3.63) is 69.7 Å². The maximum Gasteiger partial charge on any atom is 0.405 e. The molecule has 0 aliphatic carbocycles. The number of carbonyl (C=O) groups excluding carboxylic acids is 1. The Morgan fingerprint density at radius 3 is 2.00 bits per heavy atom. The minimum atomic E-state index is -1.21. The number of amides is 2. The van der Waals surface area contributed by atoms with E-state index in [0.29, 0.717) is 36.2 Å². The Morgan fingerprint density at radius 2 is 1.49 bits per heavy atom. The quantitative estimate of drug-likeness (QED) is 0.485. The van der Waals surface area contributed by atoms with Crippen LogP contribution in [0, 0.1) is 0 Å². The number of carboxylic acid groups (broad SMARTS) is 1. The lowest BCUT2D eigenvalue weighted by atomic mass is 10.0. The molecule has 2 N–H and O–H groups in total. The fourth-order valence-electron chi connectivity index (χ4n) is 4.52. The molecule has 0 saturated carbocycles. The molecule has 0 radical (unpaired) electrons. The summed E-state index contributed by atoms with van der Waals surface area (Å²) in [5, 5.41) is 13.0. The van der Waals surface area contributed by atoms with Crippen LogP contribution in [0.15, 0.2) is 48.5 Å². The van der Waals surface area contributed by atoms with E-state index in [0.717, 1.165) is 25.2 Å². The molecule has 190 valence electrons. The highest BCUT2D eigenvalue weighted by Crippen LogP contribution is 2.25. The van der Waals surface area contributed by atoms with Crippen molar-refractivity contribution >= 4 is 35.2 Å². The molecule has 2 atom stereocenters. The van der Waals surface area contributed by atoms with E-state index in [9.17, 15) is 14.7 Å². The molecule has 3 rings (SSSR count). The van der Waals surface area contributed by atoms with Gasteiger partial charge in [0.1, 0.15) is 6.04 Å². The van der Waals surface area contributed by atoms with Gasteiger partial charge in [-0.2, -0.15) is 0 Å². The van der Waals surface area contributed by atoms with Crippen molar-refractivity contribution in [3.8, 4) is 0 Å². The van der Waals surface area contributed by atoms with Crippen molar-refractivity contribution in [1.82, 2.24) is 20.0 Å². The summed E-state index contributed by atoms with van der Waals surface area (Å²) >= 11 is 12.1. The summed E-state index contributed by atoms with van der Waals surface area (Å²) < 4.78 is 0. The van der Waals surface area contributed by atoms with E-state index in [-0.39, 0.29) is 18.4 Å². The summed E-state index contributed by atoms with van der Waals surface area (Å²) in [5.41, 5.74) is 2.05. The molecule has 7 nitrogen and oxygen atoms in total. The molecule has 1 fully saturated rings. The molecule has 9 heteroatoms. The zero-order valence-corrected chi connectivity index (χ0v) is 21.8. The summed E-state index contributed by atoms with van der Waals surface area (Å²) in [7, 11) is 0. The molecule has 0 bridgehead atoms. The van der Waals surface area contributed by atoms with Gasteiger partial charge >= 0.3 is 6.09 Å². The SMILES string of the molecule is CCN(CC)CC(c1ccc(Cl)cc1)N1CCN(C(=O)C(Cc2ccc(Cl)cc2)NC(=O)O)CC1. The predicted molar refractivity (Wildman–Crippen MR) is 140 cm³/mol. The highest BCUT2D eigenvalue weighted by Gasteiger charge is 2.32. The molecule has 0 aromatic heterocycles. The summed E-state index contributed by atoms with van der Waals surface area (Å²) in [6.45, 7) is 9.65. The van der Waals surface area contributed by atoms with Crippen LogP contribution in [0.1, 0.15) is 31.0 Å². The molecule has 2 aromatic rings. The number of likely N-dealkylation sites (N-methyl/N-ethyl adjacent to an activating group) is 1. The van der Waals surface area contributed by atoms with Gasteiger partial charge < -0.3 is 20.2 Å². The largest absolute Gasteiger partial charge is 0.465 e. The average Bonchev–Trinajstić information content (AvgIpc) is 2.86. The molecule has 2 unspecified atom stereocenters. The fourth-order valence-corrected chi connectivity index (χ4v) is 4.77. The van der Waals surface area contributed by atoms with Crippen LogP contribution < -0.4 is 5.32 Å². The van der Waals surface area contributed by atoms with E-state index in [4.69, 9.17) is 23.2 Å². The van der Waals surface area contributed by atoms with Crippen LogP contribution in [0.3, 0.4) is 0 Å². The Bertz CT molecular complexity index is 960. The molecular weight excluding hydrogens is 487 g/mol. The van der Waals surface area contributed by atoms with Crippen LogP contribution in [-0.4, -0.2) is 83.7 Å². The number of hydrogen-bond donors (Lipinski definition) is 2. The maximum atomic E-state index is 13.3. The number of benzene rings is 2. The smallest absolute Gasteiger partial charge is 0.405 e. The second-order valence-electron chi connectivity index (χ2n) is 8.75. The van der Waals surface area contributed by atoms with E-state index in [2.05, 4.69) is 41.1 Å². The molecule has 35 heavy (non-hydrogen) atoms. The third-order valence-corrected chi connectivity index (χ3v) is 7.10. The molecule has 1 aliphatic rings. The van der Waals surface area contributed by atoms with Crippen molar-refractivity contribution in [1.29, 1.82) is 0 Å². The third kappa shape index (κ3) is 7.84. The number of halogens is 2. The highest BCUT2D eigenvalue weighted by molar-refractivity contribution is 6.30. The first kappa shape index (κ1) is 27.3. The summed E-state index contributed by atoms with van der Waals surface area (Å²) in [6, 6.07) is 14.4. The van der Waals surface area contributed by atoms with Gasteiger partial charge in [0, 0.05) is 55.2 Å². The van der Waals surface area contributed by atoms with Crippen molar-refractivity contribution < 1.29 is 14.7 Å². The molecule has 2 amide bonds. The van der Waals surface area contributed by atoms with Crippen molar-refractivity contribution in [3.63, 3.8) is 0 Å². The van der Waals surface area contributed by atoms with Crippen LogP contribution >= 0.6 is 23.2 Å². The highest BCUT2D eigenvalue weighted by atomic mass is 35.5. The second kappa shape index (κ2) is 13.1. The maximum absolute atomic E-state index is 13.3. The molecule has 0 spiro atoms. The number of carbonyl (C=O) groups is 2. The number of piperazine rings is 1. The first-order valence-electron chi connectivity index (χ1n) is 12.0. The summed E-state index contributed by atoms with van der Waals surface area (Å²) in [6.07, 6.45) is -0.935. The van der Waals surface area contributed by atoms with Crippen LogP contribution in [0.2, 0.25) is 10.0 Å². The van der Waals surface area contributed by atoms with Gasteiger partial charge in [-0.25, -0.2) is 4.79 Å². The van der Waals surface area contributed by atoms with Crippen LogP contribution in [-0.2, 0) is 11.2 Å². The number of nitrogens with one attached hydrogen (secondary N) is 1. The topological polar surface area (TPSA) is 76.1 Å². The van der Waals surface area contributed by atoms with Crippen molar-refractivity contribution in [2.45, 2.75) is 32.4 Å². The zero-order chi connectivity index (χ0) is 25.4. The van der Waals surface area contributed by atoms with Gasteiger partial charge in [0.2, 0.25) is 5.91 Å². The number of rotatable bonds is 10. The Kier molecular flexibility index (Phi) is 10.2. The standard InChI is InChI=1S/C26H34Cl2N4O3/c1-3-30(4-2)18-24(20-7-11-22(28)12-8-20)31-13-15-32(16-14-31)25(33)23(29-26(34)35)17-19-5-9-21(27)10-6-19/h5-12,23-24,29H,3-4,13-18H2,1-2H3,(H,34,35). The molecule has 1 aliphatic heterocycles. The summed E-state index contributed by atoms with van der Waals surface area (Å²) in [5.74, 6) is -0.200. The Labute approximate surface area is 217 Å². The normalized spacial score (nSPS) is 16.2. The van der Waals surface area contributed by atoms with Gasteiger partial charge in [-0.05, 0) is 48.5 Å². The van der Waals surface area contributed by atoms with Gasteiger partial charge in [-0.1, -0.05) is 61.3 Å². The zero-order valence-electron chi connectivity index (χ0n) is 20.3. The Balaban J connectivity index is 1.69. The summed E-state index contributed by atoms with van der Waals surface area (Å²) in [4.78, 5) is 31.3. The predicted octanol–water partition coefficient (Wildman–Crippen LogP) is 4.40. The Morgan fingerprint density at radius 1 is 0.943 bits per heavy atom. The minimum absolute atomic E-state index is 0.187. The van der Waals surface area contributed by atoms with Gasteiger partial charge in [0.15, 0.2) is 0 Å². The molecular formula is C26H34Cl2N4O3. The monoisotopic (exact) mass is 520 g/mol. The number of nitrogens with zero attached hydrogens (tertiary/aromatic N) is 3. The fraction of sp³-hybridized carbons (Fsp3) is 0.462. The first-order chi connectivity index (χ1) is 16.8. The van der Waals surface area contributed by atoms with Gasteiger partial charge in [0.25, 0.3) is 0 Å². The van der Waals surface area contributed by atoms with Crippen molar-refractivity contribution in [2.24, 2.45) is 0 Å². The van der Waals surface area contributed by atoms with Gasteiger partial charge in [-0.3, -0.25) is 9.69 Å². The van der Waals surface area contributed by atoms with Crippen LogP contribution in [0.25, 0.3) is 0 Å². The van der Waals surface area contributed by atoms with E-state index >= 15 is 0 Å². The molecule has 2 aromatic carbocycles. The van der Waals surface area contributed by atoms with E-state index < -0.39 is 12.1 Å². The lowest BCUT2D eigenvalue weighted by Crippen LogP contribution is -2.56. The second-order valence-corrected chi connectivity index (χ2v) is 9.62. The first-order valence-corrected chi connectivity index (χ1v) is 12.8. The van der Waals surface area contributed by atoms with Crippen LogP contribution in [0.5, 0.6) is 0 Å². The minimum Gasteiger partial charge on any atom is -0.465 e. The third-order valence-electron chi connectivity index (χ3n) is 6.60. The van der Waals surface area contributed by atoms with E-state index in [1.165, 1.54) is 5.56 Å². The lowest BCUT2D eigenvalue weighted by Gasteiger charge is -2.41. The molecule has 1 heterocycles.